The molecule has 0 unspecified atom stereocenters. The molecule has 0 bridgehead atoms. The Labute approximate surface area is 232 Å². The van der Waals surface area contributed by atoms with E-state index < -0.39 is 12.0 Å². The monoisotopic (exact) mass is 590 g/mol. The van der Waals surface area contributed by atoms with Crippen molar-refractivity contribution in [3.63, 3.8) is 0 Å². The number of allylic oxidation sites excluding steroid dienone is 1. The van der Waals surface area contributed by atoms with Gasteiger partial charge in [0.25, 0.3) is 5.56 Å². The second-order valence-corrected chi connectivity index (χ2v) is 11.3. The predicted molar refractivity (Wildman–Crippen MR) is 153 cm³/mol. The number of esters is 1. The summed E-state index contributed by atoms with van der Waals surface area (Å²) in [6.45, 7) is 8.04. The largest absolute Gasteiger partial charge is 0.463 e. The van der Waals surface area contributed by atoms with Crippen LogP contribution in [0.15, 0.2) is 90.6 Å². The summed E-state index contributed by atoms with van der Waals surface area (Å²) in [6, 6.07) is 19.0. The summed E-state index contributed by atoms with van der Waals surface area (Å²) in [5.74, 6) is 1.16. The van der Waals surface area contributed by atoms with Gasteiger partial charge in [0, 0.05) is 16.1 Å². The van der Waals surface area contributed by atoms with Gasteiger partial charge in [0.15, 0.2) is 4.80 Å². The normalized spacial score (nSPS) is 15.5. The van der Waals surface area contributed by atoms with E-state index in [1.54, 1.807) is 24.5 Å². The minimum absolute atomic E-state index is 0.234. The molecule has 5 rings (SSSR count). The average Bonchev–Trinajstić information content (AvgIpc) is 3.48. The number of fused-ring (bicyclic) bond motifs is 1. The Kier molecular flexibility index (Phi) is 7.36. The smallest absolute Gasteiger partial charge is 0.338 e. The molecule has 4 aromatic rings. The highest BCUT2D eigenvalue weighted by molar-refractivity contribution is 9.10. The van der Waals surface area contributed by atoms with Crippen molar-refractivity contribution in [2.75, 3.05) is 6.61 Å². The van der Waals surface area contributed by atoms with Crippen LogP contribution in [-0.2, 0) is 9.53 Å². The number of hydrogen-bond acceptors (Lipinski definition) is 6. The quantitative estimate of drug-likeness (QED) is 0.260. The van der Waals surface area contributed by atoms with E-state index in [0.717, 1.165) is 15.6 Å². The third-order valence-electron chi connectivity index (χ3n) is 6.45. The van der Waals surface area contributed by atoms with Gasteiger partial charge in [-0.1, -0.05) is 77.5 Å². The van der Waals surface area contributed by atoms with Crippen LogP contribution in [0.25, 0.3) is 17.4 Å². The Morgan fingerprint density at radius 2 is 1.95 bits per heavy atom. The number of thiazole rings is 1. The molecule has 0 saturated heterocycles. The van der Waals surface area contributed by atoms with Crippen LogP contribution in [0, 0.1) is 0 Å². The molecule has 0 spiro atoms. The minimum atomic E-state index is -0.637. The fourth-order valence-corrected chi connectivity index (χ4v) is 5.95. The summed E-state index contributed by atoms with van der Waals surface area (Å²) < 4.78 is 14.4. The summed E-state index contributed by atoms with van der Waals surface area (Å²) in [4.78, 5) is 32.0. The molecule has 0 radical (unpaired) electrons. The molecule has 8 heteroatoms. The summed E-state index contributed by atoms with van der Waals surface area (Å²) in [5.41, 5.74) is 3.62. The number of ether oxygens (including phenoxy) is 1. The molecule has 194 valence electrons. The van der Waals surface area contributed by atoms with E-state index in [2.05, 4.69) is 34.8 Å². The number of rotatable bonds is 6. The second kappa shape index (κ2) is 10.7. The zero-order chi connectivity index (χ0) is 27.0. The van der Waals surface area contributed by atoms with Crippen molar-refractivity contribution < 1.29 is 13.9 Å². The fourth-order valence-electron chi connectivity index (χ4n) is 4.53. The molecule has 0 amide bonds. The molecule has 0 N–H and O–H groups in total. The van der Waals surface area contributed by atoms with Crippen LogP contribution < -0.4 is 14.9 Å². The summed E-state index contributed by atoms with van der Waals surface area (Å²) in [6.07, 6.45) is 1.73. The van der Waals surface area contributed by atoms with Crippen molar-refractivity contribution in [1.29, 1.82) is 0 Å². The molecular weight excluding hydrogens is 564 g/mol. The lowest BCUT2D eigenvalue weighted by Gasteiger charge is -2.25. The molecule has 0 saturated carbocycles. The first-order valence-electron chi connectivity index (χ1n) is 12.4. The van der Waals surface area contributed by atoms with E-state index in [4.69, 9.17) is 9.15 Å². The number of furan rings is 1. The van der Waals surface area contributed by atoms with Crippen LogP contribution in [0.2, 0.25) is 0 Å². The third-order valence-corrected chi connectivity index (χ3v) is 7.92. The van der Waals surface area contributed by atoms with Crippen molar-refractivity contribution in [2.45, 2.75) is 39.7 Å². The summed E-state index contributed by atoms with van der Waals surface area (Å²) >= 11 is 4.76. The number of carbonyl (C=O) groups is 1. The van der Waals surface area contributed by atoms with Gasteiger partial charge in [-0.15, -0.1) is 0 Å². The van der Waals surface area contributed by atoms with Gasteiger partial charge in [-0.05, 0) is 55.2 Å². The van der Waals surface area contributed by atoms with Gasteiger partial charge in [0.2, 0.25) is 0 Å². The van der Waals surface area contributed by atoms with E-state index in [0.29, 0.717) is 38.0 Å². The number of nitrogens with zero attached hydrogens (tertiary/aromatic N) is 2. The Morgan fingerprint density at radius 3 is 2.63 bits per heavy atom. The Morgan fingerprint density at radius 1 is 1.18 bits per heavy atom. The van der Waals surface area contributed by atoms with E-state index in [9.17, 15) is 9.59 Å². The number of benzene rings is 2. The van der Waals surface area contributed by atoms with Crippen LogP contribution in [0.3, 0.4) is 0 Å². The minimum Gasteiger partial charge on any atom is -0.463 e. The molecule has 2 aromatic heterocycles. The lowest BCUT2D eigenvalue weighted by molar-refractivity contribution is -0.139. The maximum atomic E-state index is 13.8. The maximum absolute atomic E-state index is 13.8. The van der Waals surface area contributed by atoms with E-state index in [-0.39, 0.29) is 12.2 Å². The highest BCUT2D eigenvalue weighted by Gasteiger charge is 2.33. The fraction of sp³-hybridized carbons (Fsp3) is 0.233. The SMILES string of the molecule is CCOC(=O)C1=C(C)N=c2s/c(=C\c3ccc(-c4cccc(Br)c4)o3)c(=O)n2[C@@H]1c1ccc(C(C)C)cc1. The van der Waals surface area contributed by atoms with Crippen molar-refractivity contribution >= 4 is 39.3 Å². The summed E-state index contributed by atoms with van der Waals surface area (Å²) in [5, 5.41) is 0. The zero-order valence-electron chi connectivity index (χ0n) is 21.5. The van der Waals surface area contributed by atoms with Crippen molar-refractivity contribution in [1.82, 2.24) is 4.57 Å². The third kappa shape index (κ3) is 4.98. The van der Waals surface area contributed by atoms with Gasteiger partial charge >= 0.3 is 5.97 Å². The average molecular weight is 592 g/mol. The molecule has 6 nitrogen and oxygen atoms in total. The van der Waals surface area contributed by atoms with Gasteiger partial charge < -0.3 is 9.15 Å². The number of aromatic nitrogens is 1. The molecule has 1 atom stereocenters. The van der Waals surface area contributed by atoms with Gasteiger partial charge in [0.1, 0.15) is 11.5 Å². The molecule has 1 aliphatic rings. The number of carbonyl (C=O) groups excluding carboxylic acids is 1. The topological polar surface area (TPSA) is 73.8 Å². The highest BCUT2D eigenvalue weighted by atomic mass is 79.9. The molecule has 0 aliphatic carbocycles. The first-order valence-corrected chi connectivity index (χ1v) is 14.0. The number of halogens is 1. The second-order valence-electron chi connectivity index (χ2n) is 9.34. The van der Waals surface area contributed by atoms with Gasteiger partial charge in [-0.3, -0.25) is 9.36 Å². The molecule has 2 aromatic carbocycles. The van der Waals surface area contributed by atoms with Crippen LogP contribution in [0.1, 0.15) is 56.5 Å². The van der Waals surface area contributed by atoms with Crippen LogP contribution >= 0.6 is 27.3 Å². The highest BCUT2D eigenvalue weighted by Crippen LogP contribution is 2.31. The number of hydrogen-bond donors (Lipinski definition) is 0. The lowest BCUT2D eigenvalue weighted by Crippen LogP contribution is -2.39. The van der Waals surface area contributed by atoms with Gasteiger partial charge in [-0.2, -0.15) is 0 Å². The Hall–Kier alpha value is -3.49. The van der Waals surface area contributed by atoms with Crippen LogP contribution in [0.4, 0.5) is 0 Å². The molecular formula is C30H27BrN2O4S. The van der Waals surface area contributed by atoms with E-state index in [1.807, 2.05) is 60.7 Å². The molecule has 3 heterocycles. The van der Waals surface area contributed by atoms with Crippen LogP contribution in [0.5, 0.6) is 0 Å². The standard InChI is InChI=1S/C30H27BrN2O4S/c1-5-36-29(35)26-18(4)32-30-33(27(26)20-11-9-19(10-12-20)17(2)3)28(34)25(38-30)16-23-13-14-24(37-23)21-7-6-8-22(31)15-21/h6-17,27H,5H2,1-4H3/b25-16-/t27-/m1/s1. The molecule has 1 aliphatic heterocycles. The van der Waals surface area contributed by atoms with Crippen molar-refractivity contribution in [3.05, 3.63) is 113 Å². The van der Waals surface area contributed by atoms with Gasteiger partial charge in [0.05, 0.1) is 28.5 Å². The van der Waals surface area contributed by atoms with Gasteiger partial charge in [-0.25, -0.2) is 9.79 Å². The Bertz CT molecular complexity index is 1720. The molecule has 38 heavy (non-hydrogen) atoms. The lowest BCUT2D eigenvalue weighted by atomic mass is 9.93. The maximum Gasteiger partial charge on any atom is 0.338 e. The first-order chi connectivity index (χ1) is 18.3. The predicted octanol–water partition coefficient (Wildman–Crippen LogP) is 5.94. The zero-order valence-corrected chi connectivity index (χ0v) is 23.9. The Balaban J connectivity index is 1.63. The first kappa shape index (κ1) is 26.1. The van der Waals surface area contributed by atoms with Crippen LogP contribution in [-0.4, -0.2) is 17.1 Å². The van der Waals surface area contributed by atoms with Crippen molar-refractivity contribution in [3.8, 4) is 11.3 Å². The van der Waals surface area contributed by atoms with Crippen molar-refractivity contribution in [2.24, 2.45) is 4.99 Å². The summed E-state index contributed by atoms with van der Waals surface area (Å²) in [7, 11) is 0. The molecule has 0 fully saturated rings. The van der Waals surface area contributed by atoms with E-state index in [1.165, 1.54) is 16.9 Å². The van der Waals surface area contributed by atoms with E-state index >= 15 is 0 Å².